The highest BCUT2D eigenvalue weighted by Crippen LogP contribution is 2.36. The molecule has 0 spiro atoms. The Balaban J connectivity index is 1.07. The third kappa shape index (κ3) is 9.91. The molecule has 6 aromatic rings. The number of amides is 1. The number of rotatable bonds is 15. The Labute approximate surface area is 366 Å². The molecule has 6 rings (SSSR count). The van der Waals surface area contributed by atoms with Crippen LogP contribution in [0.5, 0.6) is 28.7 Å². The number of ether oxygens (including phenoxy) is 3. The van der Waals surface area contributed by atoms with E-state index < -0.39 is 30.8 Å². The highest BCUT2D eigenvalue weighted by molar-refractivity contribution is 6.34. The van der Waals surface area contributed by atoms with Gasteiger partial charge in [0.2, 0.25) is 0 Å². The van der Waals surface area contributed by atoms with Gasteiger partial charge in [0.15, 0.2) is 23.1 Å². The molecule has 6 aromatic carbocycles. The Morgan fingerprint density at radius 3 is 1.61 bits per heavy atom. The minimum atomic E-state index is -0.939. The molecule has 14 heteroatoms. The molecule has 62 heavy (non-hydrogen) atoms. The van der Waals surface area contributed by atoms with E-state index in [9.17, 15) is 39.6 Å². The number of aryl methyl sites for hydroxylation is 2. The van der Waals surface area contributed by atoms with E-state index in [1.807, 2.05) is 50.2 Å². The largest absolute Gasteiger partial charge is 0.507 e. The van der Waals surface area contributed by atoms with E-state index in [0.717, 1.165) is 33.4 Å². The van der Waals surface area contributed by atoms with Crippen LogP contribution >= 0.6 is 23.2 Å². The van der Waals surface area contributed by atoms with Crippen molar-refractivity contribution < 1.29 is 53.8 Å². The standard InChI is InChI=1S/C48H41Cl2NO11/c1-25-13-27(15-40(54)29-7-11-39(37(49)18-29)51-47(58)35-21-45(60-3)46(61-4)22-43(35)57)5-9-33(25)34-10-6-28(14-26(34)2)16-41(55)30-8-12-44(38(50)19-30)62-48(59)36-17-31(23-52)32(24-53)20-42(36)56/h5-14,17-22,52-53,56-57H,15-16,23-24H2,1-4H3,(H,51,58). The number of Topliss-reactive ketones (excluding diaryl/α,β-unsaturated/α-hetero) is 2. The van der Waals surface area contributed by atoms with Gasteiger partial charge in [0, 0.05) is 36.1 Å². The number of anilines is 1. The van der Waals surface area contributed by atoms with Crippen LogP contribution in [0, 0.1) is 13.8 Å². The summed E-state index contributed by atoms with van der Waals surface area (Å²) >= 11 is 12.9. The van der Waals surface area contributed by atoms with Gasteiger partial charge in [0.1, 0.15) is 22.8 Å². The first-order chi connectivity index (χ1) is 29.6. The molecule has 1 amide bonds. The average molecular weight is 879 g/mol. The summed E-state index contributed by atoms with van der Waals surface area (Å²) < 4.78 is 15.8. The van der Waals surface area contributed by atoms with Gasteiger partial charge in [-0.25, -0.2) is 4.79 Å². The zero-order valence-electron chi connectivity index (χ0n) is 34.0. The first kappa shape index (κ1) is 44.8. The Bertz CT molecular complexity index is 2560. The number of methoxy groups -OCH3 is 2. The lowest BCUT2D eigenvalue weighted by molar-refractivity contribution is 0.0730. The van der Waals surface area contributed by atoms with E-state index in [1.54, 1.807) is 6.07 Å². The molecule has 5 N–H and O–H groups in total. The fourth-order valence-electron chi connectivity index (χ4n) is 6.93. The molecule has 318 valence electrons. The molecule has 0 aliphatic carbocycles. The molecule has 0 bridgehead atoms. The van der Waals surface area contributed by atoms with Crippen LogP contribution in [0.1, 0.15) is 74.8 Å². The van der Waals surface area contributed by atoms with Crippen molar-refractivity contribution in [2.75, 3.05) is 19.5 Å². The third-order valence-electron chi connectivity index (χ3n) is 10.2. The molecule has 0 aromatic heterocycles. The Morgan fingerprint density at radius 1 is 0.581 bits per heavy atom. The number of nitrogens with one attached hydrogen (secondary N) is 1. The molecular formula is C48H41Cl2NO11. The van der Waals surface area contributed by atoms with Crippen LogP contribution in [0.2, 0.25) is 10.0 Å². The average Bonchev–Trinajstić information content (AvgIpc) is 3.24. The van der Waals surface area contributed by atoms with Gasteiger partial charge in [-0.1, -0.05) is 59.6 Å². The van der Waals surface area contributed by atoms with Crippen molar-refractivity contribution in [3.63, 3.8) is 0 Å². The summed E-state index contributed by atoms with van der Waals surface area (Å²) in [5.74, 6) is -2.25. The summed E-state index contributed by atoms with van der Waals surface area (Å²) in [6.07, 6.45) is 0.175. The lowest BCUT2D eigenvalue weighted by atomic mass is 9.91. The van der Waals surface area contributed by atoms with E-state index in [4.69, 9.17) is 37.4 Å². The fourth-order valence-corrected chi connectivity index (χ4v) is 7.37. The Morgan fingerprint density at radius 2 is 1.10 bits per heavy atom. The van der Waals surface area contributed by atoms with Crippen LogP contribution in [0.4, 0.5) is 5.69 Å². The number of esters is 1. The van der Waals surface area contributed by atoms with Gasteiger partial charge in [-0.3, -0.25) is 14.4 Å². The van der Waals surface area contributed by atoms with Crippen molar-refractivity contribution in [3.05, 3.63) is 163 Å². The molecule has 0 saturated carbocycles. The molecule has 0 aliphatic rings. The summed E-state index contributed by atoms with van der Waals surface area (Å²) in [6.45, 7) is 3.00. The monoisotopic (exact) mass is 877 g/mol. The summed E-state index contributed by atoms with van der Waals surface area (Å²) in [4.78, 5) is 52.5. The third-order valence-corrected chi connectivity index (χ3v) is 10.8. The van der Waals surface area contributed by atoms with Gasteiger partial charge in [-0.05, 0) is 107 Å². The Hall–Kier alpha value is -6.70. The van der Waals surface area contributed by atoms with Crippen LogP contribution in [-0.4, -0.2) is 58.1 Å². The molecule has 0 radical (unpaired) electrons. The number of aromatic hydroxyl groups is 2. The summed E-state index contributed by atoms with van der Waals surface area (Å²) in [5, 5.41) is 42.5. The summed E-state index contributed by atoms with van der Waals surface area (Å²) in [7, 11) is 2.82. The van der Waals surface area contributed by atoms with E-state index in [1.165, 1.54) is 68.8 Å². The van der Waals surface area contributed by atoms with Crippen LogP contribution in [-0.2, 0) is 26.1 Å². The van der Waals surface area contributed by atoms with Gasteiger partial charge in [0.25, 0.3) is 5.91 Å². The molecule has 0 atom stereocenters. The predicted octanol–water partition coefficient (Wildman–Crippen LogP) is 9.01. The Kier molecular flexibility index (Phi) is 14.0. The van der Waals surface area contributed by atoms with Gasteiger partial charge < -0.3 is 40.0 Å². The lowest BCUT2D eigenvalue weighted by Gasteiger charge is -2.14. The quantitative estimate of drug-likeness (QED) is 0.0376. The van der Waals surface area contributed by atoms with Crippen LogP contribution in [0.3, 0.4) is 0 Å². The van der Waals surface area contributed by atoms with E-state index in [0.29, 0.717) is 11.1 Å². The number of halogens is 2. The van der Waals surface area contributed by atoms with Crippen LogP contribution in [0.25, 0.3) is 11.1 Å². The maximum Gasteiger partial charge on any atom is 0.347 e. The van der Waals surface area contributed by atoms with Crippen LogP contribution in [0.15, 0.2) is 97.1 Å². The molecular weight excluding hydrogens is 837 g/mol. The number of hydrogen-bond acceptors (Lipinski definition) is 11. The van der Waals surface area contributed by atoms with Crippen molar-refractivity contribution in [3.8, 4) is 39.9 Å². The van der Waals surface area contributed by atoms with E-state index >= 15 is 0 Å². The van der Waals surface area contributed by atoms with E-state index in [2.05, 4.69) is 5.32 Å². The van der Waals surface area contributed by atoms with Crippen molar-refractivity contribution in [2.45, 2.75) is 39.9 Å². The number of carbonyl (C=O) groups excluding carboxylic acids is 4. The molecule has 0 unspecified atom stereocenters. The van der Waals surface area contributed by atoms with Crippen molar-refractivity contribution in [1.29, 1.82) is 0 Å². The SMILES string of the molecule is COc1cc(O)c(C(=O)Nc2ccc(C(=O)Cc3ccc(-c4ccc(CC(=O)c5ccc(OC(=O)c6cc(CO)c(CO)cc6O)c(Cl)c5)cc4C)c(C)c3)cc2Cl)cc1OC. The van der Waals surface area contributed by atoms with Gasteiger partial charge in [0.05, 0.1) is 48.7 Å². The second kappa shape index (κ2) is 19.3. The molecule has 12 nitrogen and oxygen atoms in total. The second-order valence-electron chi connectivity index (χ2n) is 14.4. The van der Waals surface area contributed by atoms with Gasteiger partial charge in [-0.2, -0.15) is 0 Å². The first-order valence-corrected chi connectivity index (χ1v) is 19.8. The highest BCUT2D eigenvalue weighted by atomic mass is 35.5. The number of hydrogen-bond donors (Lipinski definition) is 5. The van der Waals surface area contributed by atoms with Crippen molar-refractivity contribution >= 4 is 52.3 Å². The maximum atomic E-state index is 13.3. The number of aliphatic hydroxyl groups excluding tert-OH is 2. The number of ketones is 2. The van der Waals surface area contributed by atoms with Gasteiger partial charge >= 0.3 is 5.97 Å². The highest BCUT2D eigenvalue weighted by Gasteiger charge is 2.21. The topological polar surface area (TPSA) is 189 Å². The number of carbonyl (C=O) groups is 4. The molecule has 0 heterocycles. The number of benzene rings is 6. The van der Waals surface area contributed by atoms with Crippen molar-refractivity contribution in [1.82, 2.24) is 0 Å². The molecule has 0 aliphatic heterocycles. The minimum Gasteiger partial charge on any atom is -0.507 e. The summed E-state index contributed by atoms with van der Waals surface area (Å²) in [6, 6.07) is 25.4. The van der Waals surface area contributed by atoms with Crippen LogP contribution < -0.4 is 19.5 Å². The predicted molar refractivity (Wildman–Crippen MR) is 234 cm³/mol. The zero-order chi connectivity index (χ0) is 44.8. The number of phenols is 2. The first-order valence-electron chi connectivity index (χ1n) is 19.0. The fraction of sp³-hybridized carbons (Fsp3) is 0.167. The second-order valence-corrected chi connectivity index (χ2v) is 15.2. The molecule has 0 saturated heterocycles. The smallest absolute Gasteiger partial charge is 0.347 e. The van der Waals surface area contributed by atoms with Crippen molar-refractivity contribution in [2.24, 2.45) is 0 Å². The van der Waals surface area contributed by atoms with E-state index in [-0.39, 0.29) is 85.4 Å². The molecule has 0 fully saturated rings. The number of phenolic OH excluding ortho intramolecular Hbond substituents is 2. The maximum absolute atomic E-state index is 13.3. The number of aliphatic hydroxyl groups is 2. The van der Waals surface area contributed by atoms with Gasteiger partial charge in [-0.15, -0.1) is 0 Å². The summed E-state index contributed by atoms with van der Waals surface area (Å²) in [5.41, 5.74) is 6.49. The minimum absolute atomic E-state index is 0.00283. The lowest BCUT2D eigenvalue weighted by Crippen LogP contribution is -2.13. The zero-order valence-corrected chi connectivity index (χ0v) is 35.5. The normalized spacial score (nSPS) is 10.9.